The van der Waals surface area contributed by atoms with Crippen LogP contribution < -0.4 is 0 Å². The van der Waals surface area contributed by atoms with Crippen molar-refractivity contribution in [2.45, 2.75) is 26.4 Å². The number of hydrogen-bond donors (Lipinski definition) is 0. The maximum absolute atomic E-state index is 11.3. The molecule has 1 unspecified atom stereocenters. The third-order valence-electron chi connectivity index (χ3n) is 1.76. The minimum Gasteiger partial charge on any atom is -0.466 e. The number of ether oxygens (including phenoxy) is 2. The van der Waals surface area contributed by atoms with Crippen molar-refractivity contribution in [2.24, 2.45) is 5.92 Å². The van der Waals surface area contributed by atoms with Crippen molar-refractivity contribution in [1.29, 1.82) is 0 Å². The molecule has 0 radical (unpaired) electrons. The van der Waals surface area contributed by atoms with E-state index in [0.717, 1.165) is 0 Å². The predicted octanol–water partition coefficient (Wildman–Crippen LogP) is 1.30. The molecule has 0 saturated carbocycles. The second kappa shape index (κ2) is 4.79. The van der Waals surface area contributed by atoms with Gasteiger partial charge in [-0.2, -0.15) is 0 Å². The van der Waals surface area contributed by atoms with Crippen LogP contribution in [0.4, 0.5) is 0 Å². The molecule has 0 aromatic rings. The van der Waals surface area contributed by atoms with Gasteiger partial charge in [0.1, 0.15) is 0 Å². The van der Waals surface area contributed by atoms with Crippen LogP contribution in [0.25, 0.3) is 0 Å². The molecule has 0 aromatic carbocycles. The molecule has 0 amide bonds. The first-order valence-corrected chi connectivity index (χ1v) is 4.29. The summed E-state index contributed by atoms with van der Waals surface area (Å²) in [4.78, 5) is 22.5. The van der Waals surface area contributed by atoms with Gasteiger partial charge in [0.2, 0.25) is 5.60 Å². The van der Waals surface area contributed by atoms with Crippen molar-refractivity contribution in [1.82, 2.24) is 0 Å². The summed E-state index contributed by atoms with van der Waals surface area (Å²) in [6.07, 6.45) is 1.45. The maximum atomic E-state index is 11.3. The van der Waals surface area contributed by atoms with Gasteiger partial charge in [-0.25, -0.2) is 4.79 Å². The molecule has 80 valence electrons. The summed E-state index contributed by atoms with van der Waals surface area (Å²) in [6.45, 7) is 8.06. The summed E-state index contributed by atoms with van der Waals surface area (Å²) in [5.74, 6) is -1.50. The van der Waals surface area contributed by atoms with Crippen LogP contribution in [0.3, 0.4) is 0 Å². The predicted molar refractivity (Wildman–Crippen MR) is 51.5 cm³/mol. The fraction of sp³-hybridized carbons (Fsp3) is 0.600. The summed E-state index contributed by atoms with van der Waals surface area (Å²) in [7, 11) is 1.24. The van der Waals surface area contributed by atoms with Crippen molar-refractivity contribution in [3.63, 3.8) is 0 Å². The average Bonchev–Trinajstić information content (AvgIpc) is 2.14. The van der Waals surface area contributed by atoms with E-state index in [-0.39, 0.29) is 0 Å². The second-order valence-corrected chi connectivity index (χ2v) is 3.45. The highest BCUT2D eigenvalue weighted by molar-refractivity contribution is 5.83. The Morgan fingerprint density at radius 1 is 1.43 bits per heavy atom. The lowest BCUT2D eigenvalue weighted by atomic mass is 10.1. The van der Waals surface area contributed by atoms with Crippen molar-refractivity contribution in [3.05, 3.63) is 12.7 Å². The van der Waals surface area contributed by atoms with Gasteiger partial charge in [-0.1, -0.05) is 6.08 Å². The molecule has 0 aliphatic rings. The first-order chi connectivity index (χ1) is 6.35. The van der Waals surface area contributed by atoms with Gasteiger partial charge in [-0.05, 0) is 20.8 Å². The third-order valence-corrected chi connectivity index (χ3v) is 1.76. The van der Waals surface area contributed by atoms with Crippen molar-refractivity contribution >= 4 is 11.9 Å². The molecule has 14 heavy (non-hydrogen) atoms. The lowest BCUT2D eigenvalue weighted by Crippen LogP contribution is -2.39. The molecule has 0 fully saturated rings. The van der Waals surface area contributed by atoms with E-state index in [1.165, 1.54) is 27.0 Å². The van der Waals surface area contributed by atoms with Gasteiger partial charge in [-0.3, -0.25) is 4.79 Å². The summed E-state index contributed by atoms with van der Waals surface area (Å²) >= 11 is 0. The molecular formula is C10H16O4. The number of carbonyl (C=O) groups is 2. The van der Waals surface area contributed by atoms with Crippen molar-refractivity contribution < 1.29 is 19.1 Å². The smallest absolute Gasteiger partial charge is 0.349 e. The van der Waals surface area contributed by atoms with Crippen LogP contribution in [0.1, 0.15) is 20.8 Å². The van der Waals surface area contributed by atoms with Gasteiger partial charge >= 0.3 is 11.9 Å². The molecule has 1 atom stereocenters. The number of hydrogen-bond acceptors (Lipinski definition) is 4. The molecular weight excluding hydrogens is 184 g/mol. The molecule has 4 heteroatoms. The number of esters is 2. The van der Waals surface area contributed by atoms with Gasteiger partial charge < -0.3 is 9.47 Å². The van der Waals surface area contributed by atoms with Crippen LogP contribution in [0.5, 0.6) is 0 Å². The Morgan fingerprint density at radius 3 is 2.29 bits per heavy atom. The van der Waals surface area contributed by atoms with Gasteiger partial charge in [0, 0.05) is 0 Å². The molecule has 0 heterocycles. The summed E-state index contributed by atoms with van der Waals surface area (Å²) < 4.78 is 9.45. The third kappa shape index (κ3) is 3.20. The zero-order chi connectivity index (χ0) is 11.4. The average molecular weight is 200 g/mol. The van der Waals surface area contributed by atoms with Crippen LogP contribution in [0.2, 0.25) is 0 Å². The Kier molecular flexibility index (Phi) is 4.34. The number of carbonyl (C=O) groups excluding carboxylic acids is 2. The van der Waals surface area contributed by atoms with Gasteiger partial charge in [0.25, 0.3) is 0 Å². The molecule has 0 rings (SSSR count). The van der Waals surface area contributed by atoms with E-state index in [1.807, 2.05) is 0 Å². The fourth-order valence-electron chi connectivity index (χ4n) is 0.728. The lowest BCUT2D eigenvalue weighted by molar-refractivity contribution is -0.178. The van der Waals surface area contributed by atoms with E-state index < -0.39 is 23.5 Å². The van der Waals surface area contributed by atoms with Crippen molar-refractivity contribution in [3.8, 4) is 0 Å². The van der Waals surface area contributed by atoms with E-state index in [9.17, 15) is 9.59 Å². The Hall–Kier alpha value is -1.32. The highest BCUT2D eigenvalue weighted by atomic mass is 16.6. The second-order valence-electron chi connectivity index (χ2n) is 3.45. The Morgan fingerprint density at radius 2 is 1.93 bits per heavy atom. The van der Waals surface area contributed by atoms with E-state index in [1.54, 1.807) is 6.92 Å². The molecule has 4 nitrogen and oxygen atoms in total. The first kappa shape index (κ1) is 12.7. The lowest BCUT2D eigenvalue weighted by Gasteiger charge is -2.23. The molecule has 0 aromatic heterocycles. The number of rotatable bonds is 4. The molecule has 0 spiro atoms. The van der Waals surface area contributed by atoms with Crippen LogP contribution in [0, 0.1) is 5.92 Å². The SMILES string of the molecule is C=CC(C)C(=O)OC(C)(C)C(=O)OC. The number of methoxy groups -OCH3 is 1. The summed E-state index contributed by atoms with van der Waals surface area (Å²) in [5, 5.41) is 0. The molecule has 0 bridgehead atoms. The minimum atomic E-state index is -1.25. The van der Waals surface area contributed by atoms with Crippen LogP contribution in [-0.2, 0) is 19.1 Å². The van der Waals surface area contributed by atoms with E-state index >= 15 is 0 Å². The van der Waals surface area contributed by atoms with Gasteiger partial charge in [0.15, 0.2) is 0 Å². The Bertz CT molecular complexity index is 243. The minimum absolute atomic E-state index is 0.432. The highest BCUT2D eigenvalue weighted by Gasteiger charge is 2.33. The van der Waals surface area contributed by atoms with Gasteiger partial charge in [-0.15, -0.1) is 6.58 Å². The van der Waals surface area contributed by atoms with Crippen molar-refractivity contribution in [2.75, 3.05) is 7.11 Å². The zero-order valence-corrected chi connectivity index (χ0v) is 8.99. The highest BCUT2D eigenvalue weighted by Crippen LogP contribution is 2.14. The Labute approximate surface area is 83.9 Å². The summed E-state index contributed by atoms with van der Waals surface area (Å²) in [6, 6.07) is 0. The quantitative estimate of drug-likeness (QED) is 0.507. The normalized spacial score (nSPS) is 12.9. The fourth-order valence-corrected chi connectivity index (χ4v) is 0.728. The first-order valence-electron chi connectivity index (χ1n) is 4.29. The molecule has 0 saturated heterocycles. The summed E-state index contributed by atoms with van der Waals surface area (Å²) in [5.41, 5.74) is -1.25. The Balaban J connectivity index is 4.43. The zero-order valence-electron chi connectivity index (χ0n) is 8.99. The largest absolute Gasteiger partial charge is 0.466 e. The van der Waals surface area contributed by atoms with E-state index in [0.29, 0.717) is 0 Å². The van der Waals surface area contributed by atoms with E-state index in [4.69, 9.17) is 4.74 Å². The standard InChI is InChI=1S/C10H16O4/c1-6-7(2)8(11)14-10(3,4)9(12)13-5/h6-7H,1H2,2-5H3. The molecule has 0 N–H and O–H groups in total. The van der Waals surface area contributed by atoms with Gasteiger partial charge in [0.05, 0.1) is 13.0 Å². The monoisotopic (exact) mass is 200 g/mol. The van der Waals surface area contributed by atoms with Crippen LogP contribution >= 0.6 is 0 Å². The maximum Gasteiger partial charge on any atom is 0.349 e. The van der Waals surface area contributed by atoms with Crippen LogP contribution in [-0.4, -0.2) is 24.6 Å². The topological polar surface area (TPSA) is 52.6 Å². The molecule has 0 aliphatic carbocycles. The van der Waals surface area contributed by atoms with Crippen LogP contribution in [0.15, 0.2) is 12.7 Å². The van der Waals surface area contributed by atoms with E-state index in [2.05, 4.69) is 11.3 Å². The molecule has 0 aliphatic heterocycles.